The Hall–Kier alpha value is -4.51. The lowest BCUT2D eigenvalue weighted by molar-refractivity contribution is -0.116. The average molecular weight is 513 g/mol. The van der Waals surface area contributed by atoms with Crippen LogP contribution in [-0.4, -0.2) is 41.0 Å². The second-order valence-corrected chi connectivity index (χ2v) is 9.33. The maximum atomic E-state index is 16.0. The lowest BCUT2D eigenvalue weighted by Gasteiger charge is -2.08. The minimum atomic E-state index is -0.561. The summed E-state index contributed by atoms with van der Waals surface area (Å²) in [6, 6.07) is 5.47. The number of H-pyrrole nitrogens is 2. The van der Waals surface area contributed by atoms with Gasteiger partial charge in [0.2, 0.25) is 5.91 Å². The van der Waals surface area contributed by atoms with E-state index in [1.165, 1.54) is 18.6 Å². The number of fused-ring (bicyclic) bond motifs is 2. The van der Waals surface area contributed by atoms with Crippen LogP contribution in [0.4, 0.5) is 10.1 Å². The van der Waals surface area contributed by atoms with Crippen molar-refractivity contribution >= 4 is 44.9 Å². The minimum absolute atomic E-state index is 0.101. The maximum absolute atomic E-state index is 16.0. The first-order chi connectivity index (χ1) is 18.1. The summed E-state index contributed by atoms with van der Waals surface area (Å²) in [6.45, 7) is 2.02. The van der Waals surface area contributed by atoms with Gasteiger partial charge in [0.25, 0.3) is 0 Å². The second kappa shape index (κ2) is 9.51. The van der Waals surface area contributed by atoms with E-state index < -0.39 is 5.82 Å². The van der Waals surface area contributed by atoms with E-state index >= 15 is 4.39 Å². The highest BCUT2D eigenvalue weighted by Gasteiger charge is 2.21. The highest BCUT2D eigenvalue weighted by Crippen LogP contribution is 2.34. The highest BCUT2D eigenvalue weighted by atomic mass is 32.1. The number of hydrogen-bond donors (Lipinski definition) is 3. The number of aromatic amines is 2. The van der Waals surface area contributed by atoms with Crippen molar-refractivity contribution in [2.24, 2.45) is 0 Å². The molecule has 6 heterocycles. The van der Waals surface area contributed by atoms with Crippen LogP contribution in [0, 0.1) is 5.82 Å². The monoisotopic (exact) mass is 512 g/mol. The van der Waals surface area contributed by atoms with Gasteiger partial charge in [-0.05, 0) is 30.0 Å². The van der Waals surface area contributed by atoms with Gasteiger partial charge in [0.1, 0.15) is 16.9 Å². The number of nitrogens with zero attached hydrogens (tertiary/aromatic N) is 5. The van der Waals surface area contributed by atoms with E-state index in [4.69, 9.17) is 4.98 Å². The number of aromatic nitrogens is 7. The van der Waals surface area contributed by atoms with Gasteiger partial charge in [0.15, 0.2) is 11.6 Å². The number of pyridine rings is 3. The molecule has 0 aromatic carbocycles. The van der Waals surface area contributed by atoms with Crippen LogP contribution in [0.5, 0.6) is 0 Å². The largest absolute Gasteiger partial charge is 0.336 e. The van der Waals surface area contributed by atoms with Crippen LogP contribution in [0.3, 0.4) is 0 Å². The SMILES string of the molecule is CCCCC(=O)Nc1cncc(-c2ncc3[nH]nc(-c4nc5c(-c6ccsc6)nccc5[nH]4)c3c2F)c1. The van der Waals surface area contributed by atoms with E-state index in [1.807, 2.05) is 29.8 Å². The van der Waals surface area contributed by atoms with Crippen LogP contribution < -0.4 is 5.32 Å². The van der Waals surface area contributed by atoms with Gasteiger partial charge in [0.05, 0.1) is 40.2 Å². The molecule has 6 aromatic heterocycles. The molecule has 0 saturated heterocycles. The number of hydrogen-bond acceptors (Lipinski definition) is 7. The summed E-state index contributed by atoms with van der Waals surface area (Å²) >= 11 is 1.58. The molecule has 6 aromatic rings. The van der Waals surface area contributed by atoms with Gasteiger partial charge in [-0.15, -0.1) is 0 Å². The number of carbonyl (C=O) groups is 1. The predicted molar refractivity (Wildman–Crippen MR) is 141 cm³/mol. The van der Waals surface area contributed by atoms with Gasteiger partial charge in [-0.1, -0.05) is 13.3 Å². The van der Waals surface area contributed by atoms with Crippen molar-refractivity contribution in [2.45, 2.75) is 26.2 Å². The summed E-state index contributed by atoms with van der Waals surface area (Å²) in [4.78, 5) is 33.1. The Morgan fingerprint density at radius 1 is 1.08 bits per heavy atom. The summed E-state index contributed by atoms with van der Waals surface area (Å²) in [7, 11) is 0. The van der Waals surface area contributed by atoms with E-state index in [0.717, 1.165) is 29.6 Å². The summed E-state index contributed by atoms with van der Waals surface area (Å²) in [5, 5.41) is 14.3. The Kier molecular flexibility index (Phi) is 5.89. The topological polar surface area (TPSA) is 125 Å². The Balaban J connectivity index is 1.41. The van der Waals surface area contributed by atoms with Crippen LogP contribution in [-0.2, 0) is 4.79 Å². The molecule has 0 aliphatic carbocycles. The molecule has 11 heteroatoms. The van der Waals surface area contributed by atoms with Crippen LogP contribution in [0.25, 0.3) is 56.0 Å². The van der Waals surface area contributed by atoms with Gasteiger partial charge in [-0.2, -0.15) is 16.4 Å². The van der Waals surface area contributed by atoms with Crippen molar-refractivity contribution in [3.63, 3.8) is 0 Å². The number of nitrogens with one attached hydrogen (secondary N) is 3. The standard InChI is InChI=1S/C26H21FN8OS/c1-2-3-4-19(36)31-16-9-15(10-28-11-16)22-21(27)20-18(12-30-22)34-35-25(20)26-32-17-5-7-29-23(24(17)33-26)14-6-8-37-13-14/h5-13H,2-4H2,1H3,(H,31,36)(H,32,33)(H,34,35). The molecule has 9 nitrogen and oxygen atoms in total. The third-order valence-corrected chi connectivity index (χ3v) is 6.70. The van der Waals surface area contributed by atoms with Crippen molar-refractivity contribution in [1.29, 1.82) is 0 Å². The number of anilines is 1. The third-order valence-electron chi connectivity index (χ3n) is 6.02. The lowest BCUT2D eigenvalue weighted by Crippen LogP contribution is -2.11. The zero-order valence-electron chi connectivity index (χ0n) is 19.7. The normalized spacial score (nSPS) is 11.4. The summed E-state index contributed by atoms with van der Waals surface area (Å²) < 4.78 is 16.0. The Labute approximate surface area is 214 Å². The molecule has 0 aliphatic rings. The van der Waals surface area contributed by atoms with Gasteiger partial charge in [-0.3, -0.25) is 24.8 Å². The van der Waals surface area contributed by atoms with Gasteiger partial charge in [-0.25, -0.2) is 9.37 Å². The third kappa shape index (κ3) is 4.23. The molecule has 0 saturated carbocycles. The number of rotatable bonds is 7. The first kappa shape index (κ1) is 22.9. The highest BCUT2D eigenvalue weighted by molar-refractivity contribution is 7.08. The molecule has 184 valence electrons. The van der Waals surface area contributed by atoms with Crippen molar-refractivity contribution in [2.75, 3.05) is 5.32 Å². The van der Waals surface area contributed by atoms with Gasteiger partial charge in [0, 0.05) is 35.3 Å². The van der Waals surface area contributed by atoms with Crippen LogP contribution in [0.1, 0.15) is 26.2 Å². The van der Waals surface area contributed by atoms with Crippen molar-refractivity contribution in [3.8, 4) is 34.0 Å². The number of thiophene rings is 1. The molecule has 6 rings (SSSR count). The van der Waals surface area contributed by atoms with Crippen LogP contribution >= 0.6 is 11.3 Å². The average Bonchev–Trinajstić information content (AvgIpc) is 3.67. The molecule has 0 spiro atoms. The second-order valence-electron chi connectivity index (χ2n) is 8.55. The van der Waals surface area contributed by atoms with E-state index in [-0.39, 0.29) is 17.0 Å². The molecule has 0 bridgehead atoms. The number of halogens is 1. The Bertz CT molecular complexity index is 1740. The Morgan fingerprint density at radius 3 is 2.84 bits per heavy atom. The number of carbonyl (C=O) groups excluding carboxylic acids is 1. The first-order valence-electron chi connectivity index (χ1n) is 11.8. The zero-order chi connectivity index (χ0) is 25.4. The zero-order valence-corrected chi connectivity index (χ0v) is 20.6. The number of amides is 1. The van der Waals surface area contributed by atoms with Crippen molar-refractivity contribution in [3.05, 3.63) is 59.6 Å². The summed E-state index contributed by atoms with van der Waals surface area (Å²) in [5.41, 5.74) is 4.95. The van der Waals surface area contributed by atoms with Crippen LogP contribution in [0.15, 0.2) is 53.7 Å². The summed E-state index contributed by atoms with van der Waals surface area (Å²) in [5.74, 6) is -0.256. The molecular weight excluding hydrogens is 491 g/mol. The molecule has 1 amide bonds. The van der Waals surface area contributed by atoms with E-state index in [0.29, 0.717) is 40.2 Å². The molecule has 0 atom stereocenters. The first-order valence-corrected chi connectivity index (χ1v) is 12.7. The number of imidazole rings is 1. The van der Waals surface area contributed by atoms with Crippen LogP contribution in [0.2, 0.25) is 0 Å². The van der Waals surface area contributed by atoms with E-state index in [2.05, 4.69) is 35.5 Å². The van der Waals surface area contributed by atoms with Gasteiger partial charge < -0.3 is 10.3 Å². The van der Waals surface area contributed by atoms with Gasteiger partial charge >= 0.3 is 0 Å². The van der Waals surface area contributed by atoms with E-state index in [9.17, 15) is 4.79 Å². The molecule has 37 heavy (non-hydrogen) atoms. The Morgan fingerprint density at radius 2 is 2.00 bits per heavy atom. The smallest absolute Gasteiger partial charge is 0.224 e. The van der Waals surface area contributed by atoms with Crippen molar-refractivity contribution in [1.82, 2.24) is 35.1 Å². The molecule has 0 radical (unpaired) electrons. The quantitative estimate of drug-likeness (QED) is 0.243. The number of unbranched alkanes of at least 4 members (excludes halogenated alkanes) is 1. The molecule has 0 unspecified atom stereocenters. The van der Waals surface area contributed by atoms with Crippen molar-refractivity contribution < 1.29 is 9.18 Å². The molecular formula is C26H21FN8OS. The molecule has 0 fully saturated rings. The lowest BCUT2D eigenvalue weighted by atomic mass is 10.1. The fourth-order valence-electron chi connectivity index (χ4n) is 4.20. The maximum Gasteiger partial charge on any atom is 0.224 e. The van der Waals surface area contributed by atoms with E-state index in [1.54, 1.807) is 23.6 Å². The molecule has 3 N–H and O–H groups in total. The fraction of sp³-hybridized carbons (Fsp3) is 0.154. The minimum Gasteiger partial charge on any atom is -0.336 e. The predicted octanol–water partition coefficient (Wildman–Crippen LogP) is 5.95. The summed E-state index contributed by atoms with van der Waals surface area (Å²) in [6.07, 6.45) is 8.41. The fourth-order valence-corrected chi connectivity index (χ4v) is 4.84. The molecule has 0 aliphatic heterocycles.